The summed E-state index contributed by atoms with van der Waals surface area (Å²) in [6.45, 7) is 4.12. The molecule has 1 heterocycles. The molecule has 0 saturated heterocycles. The quantitative estimate of drug-likeness (QED) is 0.829. The van der Waals surface area contributed by atoms with Gasteiger partial charge in [-0.05, 0) is 51.0 Å². The van der Waals surface area contributed by atoms with E-state index in [-0.39, 0.29) is 19.2 Å². The summed E-state index contributed by atoms with van der Waals surface area (Å²) in [5.74, 6) is 1.48. The molecule has 25 heavy (non-hydrogen) atoms. The Bertz CT molecular complexity index is 764. The van der Waals surface area contributed by atoms with Crippen LogP contribution in [0.5, 0.6) is 5.75 Å². The van der Waals surface area contributed by atoms with Crippen molar-refractivity contribution in [1.82, 2.24) is 14.8 Å². The highest BCUT2D eigenvalue weighted by molar-refractivity contribution is 5.56. The van der Waals surface area contributed by atoms with Crippen LogP contribution in [0.1, 0.15) is 38.6 Å². The van der Waals surface area contributed by atoms with E-state index in [9.17, 15) is 8.78 Å². The van der Waals surface area contributed by atoms with Crippen LogP contribution in [0, 0.1) is 0 Å². The molecule has 0 aliphatic heterocycles. The van der Waals surface area contributed by atoms with Crippen LogP contribution >= 0.6 is 0 Å². The summed E-state index contributed by atoms with van der Waals surface area (Å²) in [5, 5.41) is 4.47. The van der Waals surface area contributed by atoms with Crippen LogP contribution in [0.25, 0.3) is 11.4 Å². The van der Waals surface area contributed by atoms with Crippen LogP contribution in [0.3, 0.4) is 0 Å². The Kier molecular flexibility index (Phi) is 4.85. The van der Waals surface area contributed by atoms with Crippen molar-refractivity contribution in [3.63, 3.8) is 0 Å². The van der Waals surface area contributed by atoms with E-state index in [0.717, 1.165) is 5.56 Å². The maximum atomic E-state index is 14.5. The molecular weight excluding hydrogens is 326 g/mol. The van der Waals surface area contributed by atoms with Gasteiger partial charge in [-0.25, -0.2) is 18.4 Å². The number of nitrogens with zero attached hydrogens (tertiary/aromatic N) is 3. The van der Waals surface area contributed by atoms with Gasteiger partial charge in [0.25, 0.3) is 0 Å². The predicted molar refractivity (Wildman–Crippen MR) is 91.6 cm³/mol. The molecule has 0 bridgehead atoms. The summed E-state index contributed by atoms with van der Waals surface area (Å²) >= 11 is 0. The second-order valence-electron chi connectivity index (χ2n) is 6.55. The average molecular weight is 348 g/mol. The minimum Gasteiger partial charge on any atom is -0.489 e. The highest BCUT2D eigenvalue weighted by Gasteiger charge is 2.49. The number of ether oxygens (including phenoxy) is 1. The smallest absolute Gasteiger partial charge is 0.181 e. The summed E-state index contributed by atoms with van der Waals surface area (Å²) in [6, 6.07) is 7.14. The van der Waals surface area contributed by atoms with E-state index in [0.29, 0.717) is 42.1 Å². The molecule has 1 saturated carbocycles. The lowest BCUT2D eigenvalue weighted by Gasteiger charge is -2.10. The van der Waals surface area contributed by atoms with Gasteiger partial charge in [0.05, 0.1) is 6.33 Å². The zero-order valence-corrected chi connectivity index (χ0v) is 14.4. The SMILES string of the molecule is CC(C)n1nc(-c2ccc(OC/C(=C\F)CN)cc2)nc1C1(F)CC1. The van der Waals surface area contributed by atoms with Crippen LogP contribution < -0.4 is 10.5 Å². The molecule has 0 unspecified atom stereocenters. The molecule has 134 valence electrons. The first-order valence-corrected chi connectivity index (χ1v) is 8.34. The summed E-state index contributed by atoms with van der Waals surface area (Å²) < 4.78 is 34.1. The lowest BCUT2D eigenvalue weighted by atomic mass is 10.2. The number of hydrogen-bond donors (Lipinski definition) is 1. The van der Waals surface area contributed by atoms with E-state index < -0.39 is 5.67 Å². The highest BCUT2D eigenvalue weighted by atomic mass is 19.1. The topological polar surface area (TPSA) is 66.0 Å². The number of aromatic nitrogens is 3. The normalized spacial score (nSPS) is 16.3. The van der Waals surface area contributed by atoms with Gasteiger partial charge < -0.3 is 10.5 Å². The van der Waals surface area contributed by atoms with Crippen molar-refractivity contribution in [3.05, 3.63) is 42.0 Å². The second-order valence-corrected chi connectivity index (χ2v) is 6.55. The standard InChI is InChI=1S/C18H22F2N4O/c1-12(2)24-17(18(20)7-8-18)22-16(23-24)14-3-5-15(6-4-14)25-11-13(9-19)10-21/h3-6,9,12H,7-8,10-11,21H2,1-2H3/b13-9-. The van der Waals surface area contributed by atoms with Crippen molar-refractivity contribution < 1.29 is 13.5 Å². The van der Waals surface area contributed by atoms with Gasteiger partial charge in [0.15, 0.2) is 17.3 Å². The molecule has 5 nitrogen and oxygen atoms in total. The Morgan fingerprint density at radius 2 is 2.04 bits per heavy atom. The maximum Gasteiger partial charge on any atom is 0.181 e. The number of nitrogens with two attached hydrogens (primary N) is 1. The molecule has 0 atom stereocenters. The van der Waals surface area contributed by atoms with Crippen LogP contribution in [0.15, 0.2) is 36.2 Å². The predicted octanol–water partition coefficient (Wildman–Crippen LogP) is 3.68. The molecule has 0 spiro atoms. The van der Waals surface area contributed by atoms with E-state index in [1.54, 1.807) is 28.9 Å². The van der Waals surface area contributed by atoms with Gasteiger partial charge in [-0.3, -0.25) is 0 Å². The molecule has 1 aromatic heterocycles. The van der Waals surface area contributed by atoms with E-state index in [4.69, 9.17) is 10.5 Å². The van der Waals surface area contributed by atoms with Crippen LogP contribution in [0.2, 0.25) is 0 Å². The Balaban J connectivity index is 1.78. The Morgan fingerprint density at radius 1 is 1.36 bits per heavy atom. The van der Waals surface area contributed by atoms with E-state index >= 15 is 0 Å². The van der Waals surface area contributed by atoms with Crippen molar-refractivity contribution in [2.24, 2.45) is 5.73 Å². The summed E-state index contributed by atoms with van der Waals surface area (Å²) in [5.41, 5.74) is 5.21. The third-order valence-electron chi connectivity index (χ3n) is 4.16. The number of rotatable bonds is 7. The molecule has 2 aromatic rings. The van der Waals surface area contributed by atoms with E-state index in [1.807, 2.05) is 13.8 Å². The number of alkyl halides is 1. The van der Waals surface area contributed by atoms with Gasteiger partial charge in [-0.15, -0.1) is 0 Å². The Morgan fingerprint density at radius 3 is 2.56 bits per heavy atom. The maximum absolute atomic E-state index is 14.5. The molecule has 2 N–H and O–H groups in total. The van der Waals surface area contributed by atoms with Crippen molar-refractivity contribution in [2.75, 3.05) is 13.2 Å². The molecule has 1 aromatic carbocycles. The molecule has 3 rings (SSSR count). The highest BCUT2D eigenvalue weighted by Crippen LogP contribution is 2.49. The fourth-order valence-corrected chi connectivity index (χ4v) is 2.46. The second kappa shape index (κ2) is 6.92. The molecule has 0 radical (unpaired) electrons. The minimum atomic E-state index is -1.34. The van der Waals surface area contributed by atoms with Gasteiger partial charge in [-0.2, -0.15) is 5.10 Å². The third kappa shape index (κ3) is 3.71. The zero-order valence-electron chi connectivity index (χ0n) is 14.4. The molecule has 0 amide bonds. The van der Waals surface area contributed by atoms with E-state index in [2.05, 4.69) is 10.1 Å². The van der Waals surface area contributed by atoms with Crippen molar-refractivity contribution in [1.29, 1.82) is 0 Å². The van der Waals surface area contributed by atoms with Crippen LogP contribution in [-0.4, -0.2) is 27.9 Å². The van der Waals surface area contributed by atoms with Crippen LogP contribution in [0.4, 0.5) is 8.78 Å². The van der Waals surface area contributed by atoms with E-state index in [1.165, 1.54) is 0 Å². The fourth-order valence-electron chi connectivity index (χ4n) is 2.46. The number of halogens is 2. The molecular formula is C18H22F2N4O. The van der Waals surface area contributed by atoms with Gasteiger partial charge in [-0.1, -0.05) is 0 Å². The van der Waals surface area contributed by atoms with Gasteiger partial charge >= 0.3 is 0 Å². The largest absolute Gasteiger partial charge is 0.489 e. The number of hydrogen-bond acceptors (Lipinski definition) is 4. The average Bonchev–Trinajstić information content (AvgIpc) is 3.19. The summed E-state index contributed by atoms with van der Waals surface area (Å²) in [4.78, 5) is 4.43. The van der Waals surface area contributed by atoms with Gasteiger partial charge in [0.2, 0.25) is 0 Å². The molecule has 1 fully saturated rings. The zero-order chi connectivity index (χ0) is 18.0. The van der Waals surface area contributed by atoms with Crippen molar-refractivity contribution >= 4 is 0 Å². The third-order valence-corrected chi connectivity index (χ3v) is 4.16. The molecule has 7 heteroatoms. The number of benzene rings is 1. The van der Waals surface area contributed by atoms with Crippen LogP contribution in [-0.2, 0) is 5.67 Å². The summed E-state index contributed by atoms with van der Waals surface area (Å²) in [7, 11) is 0. The lowest BCUT2D eigenvalue weighted by Crippen LogP contribution is -2.13. The Labute approximate surface area is 145 Å². The van der Waals surface area contributed by atoms with Gasteiger partial charge in [0.1, 0.15) is 12.4 Å². The lowest BCUT2D eigenvalue weighted by molar-refractivity contribution is 0.279. The fraction of sp³-hybridized carbons (Fsp3) is 0.444. The monoisotopic (exact) mass is 348 g/mol. The van der Waals surface area contributed by atoms with Crippen molar-refractivity contribution in [2.45, 2.75) is 38.4 Å². The Hall–Kier alpha value is -2.28. The van der Waals surface area contributed by atoms with Gasteiger partial charge in [0, 0.05) is 23.7 Å². The molecule has 1 aliphatic carbocycles. The minimum absolute atomic E-state index is 0.0363. The first kappa shape index (κ1) is 17.5. The first-order valence-electron chi connectivity index (χ1n) is 8.34. The first-order chi connectivity index (χ1) is 12.0. The van der Waals surface area contributed by atoms with Crippen molar-refractivity contribution in [3.8, 4) is 17.1 Å². The molecule has 1 aliphatic rings. The summed E-state index contributed by atoms with van der Waals surface area (Å²) in [6.07, 6.45) is 1.45.